The summed E-state index contributed by atoms with van der Waals surface area (Å²) in [7, 11) is 3.86. The first-order valence-electron chi connectivity index (χ1n) is 5.66. The molecule has 0 aromatic heterocycles. The van der Waals surface area contributed by atoms with Crippen LogP contribution in [-0.4, -0.2) is 37.0 Å². The fraction of sp³-hybridized carbons (Fsp3) is 0.500. The van der Waals surface area contributed by atoms with E-state index in [0.29, 0.717) is 0 Å². The number of nitro benzene ring substituents is 1. The van der Waals surface area contributed by atoms with Gasteiger partial charge in [-0.1, -0.05) is 18.2 Å². The van der Waals surface area contributed by atoms with Crippen LogP contribution in [0.25, 0.3) is 0 Å². The minimum atomic E-state index is -0.322. The first-order valence-corrected chi connectivity index (χ1v) is 5.66. The van der Waals surface area contributed by atoms with Crippen LogP contribution in [0.3, 0.4) is 0 Å². The Morgan fingerprint density at radius 2 is 2.12 bits per heavy atom. The van der Waals surface area contributed by atoms with E-state index in [9.17, 15) is 10.1 Å². The van der Waals surface area contributed by atoms with Gasteiger partial charge in [0.05, 0.1) is 4.92 Å². The molecule has 5 nitrogen and oxygen atoms in total. The lowest BCUT2D eigenvalue weighted by molar-refractivity contribution is -0.385. The van der Waals surface area contributed by atoms with Gasteiger partial charge in [0, 0.05) is 30.8 Å². The molecule has 17 heavy (non-hydrogen) atoms. The minimum absolute atomic E-state index is 0.0324. The van der Waals surface area contributed by atoms with Crippen LogP contribution in [0.15, 0.2) is 24.3 Å². The van der Waals surface area contributed by atoms with Crippen LogP contribution in [0.5, 0.6) is 0 Å². The SMILES string of the molecule is CNCCN(C)C(C)c1ccccc1[N+](=O)[O-]. The second kappa shape index (κ2) is 6.32. The zero-order chi connectivity index (χ0) is 12.8. The highest BCUT2D eigenvalue weighted by atomic mass is 16.6. The van der Waals surface area contributed by atoms with Crippen LogP contribution in [0, 0.1) is 10.1 Å². The molecular weight excluding hydrogens is 218 g/mol. The average molecular weight is 237 g/mol. The lowest BCUT2D eigenvalue weighted by Gasteiger charge is -2.24. The van der Waals surface area contributed by atoms with Crippen LogP contribution in [-0.2, 0) is 0 Å². The molecule has 0 fully saturated rings. The van der Waals surface area contributed by atoms with Crippen LogP contribution in [0.1, 0.15) is 18.5 Å². The predicted octanol–water partition coefficient (Wildman–Crippen LogP) is 1.81. The van der Waals surface area contributed by atoms with Crippen molar-refractivity contribution in [2.24, 2.45) is 0 Å². The topological polar surface area (TPSA) is 58.4 Å². The summed E-state index contributed by atoms with van der Waals surface area (Å²) >= 11 is 0. The Balaban J connectivity index is 2.87. The third-order valence-electron chi connectivity index (χ3n) is 2.96. The lowest BCUT2D eigenvalue weighted by atomic mass is 10.1. The summed E-state index contributed by atoms with van der Waals surface area (Å²) in [5.41, 5.74) is 0.951. The fourth-order valence-corrected chi connectivity index (χ4v) is 1.73. The fourth-order valence-electron chi connectivity index (χ4n) is 1.73. The van der Waals surface area contributed by atoms with E-state index in [-0.39, 0.29) is 16.7 Å². The number of hydrogen-bond acceptors (Lipinski definition) is 4. The normalized spacial score (nSPS) is 12.7. The van der Waals surface area contributed by atoms with Crippen LogP contribution in [0.2, 0.25) is 0 Å². The maximum Gasteiger partial charge on any atom is 0.274 e. The highest BCUT2D eigenvalue weighted by Gasteiger charge is 2.20. The predicted molar refractivity (Wildman–Crippen MR) is 68.1 cm³/mol. The Morgan fingerprint density at radius 3 is 2.71 bits per heavy atom. The smallest absolute Gasteiger partial charge is 0.274 e. The standard InChI is InChI=1S/C12H19N3O2/c1-10(14(3)9-8-13-2)11-6-4-5-7-12(11)15(16)17/h4-7,10,13H,8-9H2,1-3H3. The van der Waals surface area contributed by atoms with Crippen molar-refractivity contribution in [1.82, 2.24) is 10.2 Å². The Bertz CT molecular complexity index is 382. The Morgan fingerprint density at radius 1 is 1.47 bits per heavy atom. The first-order chi connectivity index (χ1) is 8.07. The van der Waals surface area contributed by atoms with E-state index in [1.54, 1.807) is 12.1 Å². The van der Waals surface area contributed by atoms with Crippen LogP contribution in [0.4, 0.5) is 5.69 Å². The first kappa shape index (κ1) is 13.6. The van der Waals surface area contributed by atoms with Gasteiger partial charge in [0.15, 0.2) is 0 Å². The summed E-state index contributed by atoms with van der Waals surface area (Å²) in [6.45, 7) is 3.70. The number of benzene rings is 1. The second-order valence-corrected chi connectivity index (χ2v) is 4.08. The summed E-state index contributed by atoms with van der Waals surface area (Å²) in [5.74, 6) is 0. The zero-order valence-corrected chi connectivity index (χ0v) is 10.5. The molecule has 1 aromatic carbocycles. The molecule has 1 unspecified atom stereocenters. The Hall–Kier alpha value is -1.46. The number of nitro groups is 1. The van der Waals surface area contributed by atoms with E-state index < -0.39 is 0 Å². The van der Waals surface area contributed by atoms with Crippen molar-refractivity contribution in [2.75, 3.05) is 27.2 Å². The second-order valence-electron chi connectivity index (χ2n) is 4.08. The van der Waals surface area contributed by atoms with E-state index >= 15 is 0 Å². The number of nitrogens with one attached hydrogen (secondary N) is 1. The Kier molecular flexibility index (Phi) is 5.06. The molecule has 1 rings (SSSR count). The molecule has 0 aliphatic carbocycles. The van der Waals surface area contributed by atoms with Gasteiger partial charge >= 0.3 is 0 Å². The van der Waals surface area contributed by atoms with Gasteiger partial charge in [-0.05, 0) is 21.0 Å². The maximum absolute atomic E-state index is 10.9. The van der Waals surface area contributed by atoms with Gasteiger partial charge in [-0.25, -0.2) is 0 Å². The molecule has 0 heterocycles. The summed E-state index contributed by atoms with van der Waals surface area (Å²) in [4.78, 5) is 12.7. The van der Waals surface area contributed by atoms with Crippen LogP contribution >= 0.6 is 0 Å². The van der Waals surface area contributed by atoms with Gasteiger partial charge < -0.3 is 5.32 Å². The minimum Gasteiger partial charge on any atom is -0.318 e. The molecule has 1 atom stereocenters. The van der Waals surface area contributed by atoms with Crippen molar-refractivity contribution >= 4 is 5.69 Å². The summed E-state index contributed by atoms with van der Waals surface area (Å²) < 4.78 is 0. The van der Waals surface area contributed by atoms with Gasteiger partial charge in [-0.2, -0.15) is 0 Å². The van der Waals surface area contributed by atoms with Crippen molar-refractivity contribution in [3.8, 4) is 0 Å². The van der Waals surface area contributed by atoms with Gasteiger partial charge in [-0.15, -0.1) is 0 Å². The molecule has 0 aliphatic heterocycles. The molecule has 0 radical (unpaired) electrons. The van der Waals surface area contributed by atoms with Crippen molar-refractivity contribution in [1.29, 1.82) is 0 Å². The number of nitrogens with zero attached hydrogens (tertiary/aromatic N) is 2. The van der Waals surface area contributed by atoms with E-state index in [2.05, 4.69) is 10.2 Å². The molecule has 0 spiro atoms. The van der Waals surface area contributed by atoms with Crippen LogP contribution < -0.4 is 5.32 Å². The van der Waals surface area contributed by atoms with E-state index in [1.165, 1.54) is 0 Å². The van der Waals surface area contributed by atoms with Crippen molar-refractivity contribution in [2.45, 2.75) is 13.0 Å². The summed E-state index contributed by atoms with van der Waals surface area (Å²) in [6, 6.07) is 6.94. The quantitative estimate of drug-likeness (QED) is 0.605. The molecule has 1 N–H and O–H groups in total. The molecular formula is C12H19N3O2. The number of para-hydroxylation sites is 1. The number of hydrogen-bond donors (Lipinski definition) is 1. The third-order valence-corrected chi connectivity index (χ3v) is 2.96. The van der Waals surface area contributed by atoms with Gasteiger partial charge in [-0.3, -0.25) is 15.0 Å². The summed E-state index contributed by atoms with van der Waals surface area (Å²) in [6.07, 6.45) is 0. The highest BCUT2D eigenvalue weighted by molar-refractivity contribution is 5.41. The molecule has 0 amide bonds. The molecule has 0 saturated carbocycles. The molecule has 0 saturated heterocycles. The van der Waals surface area contributed by atoms with E-state index in [4.69, 9.17) is 0 Å². The van der Waals surface area contributed by atoms with Crippen molar-refractivity contribution in [3.05, 3.63) is 39.9 Å². The monoisotopic (exact) mass is 237 g/mol. The molecule has 1 aromatic rings. The van der Waals surface area contributed by atoms with Crippen molar-refractivity contribution < 1.29 is 4.92 Å². The molecule has 0 bridgehead atoms. The molecule has 0 aliphatic rings. The largest absolute Gasteiger partial charge is 0.318 e. The van der Waals surface area contributed by atoms with Crippen molar-refractivity contribution in [3.63, 3.8) is 0 Å². The summed E-state index contributed by atoms with van der Waals surface area (Å²) in [5, 5.41) is 14.0. The number of rotatable bonds is 6. The van der Waals surface area contributed by atoms with Gasteiger partial charge in [0.1, 0.15) is 0 Å². The van der Waals surface area contributed by atoms with Gasteiger partial charge in [0.25, 0.3) is 5.69 Å². The number of likely N-dealkylation sites (N-methyl/N-ethyl adjacent to an activating group) is 2. The van der Waals surface area contributed by atoms with E-state index in [1.807, 2.05) is 33.2 Å². The Labute approximate surface area is 102 Å². The van der Waals surface area contributed by atoms with Gasteiger partial charge in [0.2, 0.25) is 0 Å². The maximum atomic E-state index is 10.9. The average Bonchev–Trinajstić information content (AvgIpc) is 2.34. The molecule has 5 heteroatoms. The zero-order valence-electron chi connectivity index (χ0n) is 10.5. The molecule has 94 valence electrons. The van der Waals surface area contributed by atoms with E-state index in [0.717, 1.165) is 18.7 Å². The third kappa shape index (κ3) is 3.51. The highest BCUT2D eigenvalue weighted by Crippen LogP contribution is 2.27. The lowest BCUT2D eigenvalue weighted by Crippen LogP contribution is -2.30.